The van der Waals surface area contributed by atoms with Gasteiger partial charge in [-0.3, -0.25) is 5.10 Å². The van der Waals surface area contributed by atoms with E-state index in [0.717, 1.165) is 23.3 Å². The molecule has 7 nitrogen and oxygen atoms in total. The molecule has 2 aromatic carbocycles. The van der Waals surface area contributed by atoms with E-state index >= 15 is 0 Å². The number of fused-ring (bicyclic) bond motifs is 1. The molecule has 0 saturated carbocycles. The molecule has 0 aliphatic carbocycles. The molecule has 0 bridgehead atoms. The first-order chi connectivity index (χ1) is 14.8. The fourth-order valence-electron chi connectivity index (χ4n) is 3.04. The third-order valence-electron chi connectivity index (χ3n) is 4.52. The van der Waals surface area contributed by atoms with E-state index < -0.39 is 17.7 Å². The molecule has 4 rings (SSSR count). The normalized spacial score (nSPS) is 12.2. The molecule has 4 aromatic rings. The highest BCUT2D eigenvalue weighted by molar-refractivity contribution is 6.31. The van der Waals surface area contributed by atoms with Crippen LogP contribution in [0.2, 0.25) is 5.02 Å². The van der Waals surface area contributed by atoms with Crippen LogP contribution in [-0.4, -0.2) is 37.9 Å². The quantitative estimate of drug-likeness (QED) is 0.393. The average Bonchev–Trinajstić information content (AvgIpc) is 3.14. The monoisotopic (exact) mass is 445 g/mol. The number of H-pyrrole nitrogens is 1. The molecule has 0 amide bonds. The Morgan fingerprint density at radius 1 is 1.19 bits per heavy atom. The van der Waals surface area contributed by atoms with Gasteiger partial charge >= 0.3 is 6.01 Å². The van der Waals surface area contributed by atoms with E-state index in [2.05, 4.69) is 25.5 Å². The van der Waals surface area contributed by atoms with Gasteiger partial charge in [0, 0.05) is 23.2 Å². The minimum Gasteiger partial charge on any atom is -0.421 e. The van der Waals surface area contributed by atoms with Crippen LogP contribution in [0.25, 0.3) is 22.3 Å². The van der Waals surface area contributed by atoms with Crippen LogP contribution in [0.4, 0.5) is 14.6 Å². The number of aromatic nitrogens is 4. The highest BCUT2D eigenvalue weighted by Gasteiger charge is 2.20. The highest BCUT2D eigenvalue weighted by Crippen LogP contribution is 2.35. The Labute approximate surface area is 181 Å². The molecule has 0 aliphatic rings. The van der Waals surface area contributed by atoms with E-state index in [1.54, 1.807) is 19.1 Å². The van der Waals surface area contributed by atoms with Crippen molar-refractivity contribution in [3.63, 3.8) is 0 Å². The number of hydrogen-bond acceptors (Lipinski definition) is 6. The number of nitrogens with zero attached hydrogens (tertiary/aromatic N) is 3. The van der Waals surface area contributed by atoms with E-state index in [-0.39, 0.29) is 24.0 Å². The summed E-state index contributed by atoms with van der Waals surface area (Å²) in [4.78, 5) is 8.58. The smallest absolute Gasteiger partial charge is 0.326 e. The van der Waals surface area contributed by atoms with Gasteiger partial charge in [-0.2, -0.15) is 15.1 Å². The van der Waals surface area contributed by atoms with Gasteiger partial charge in [0.15, 0.2) is 17.2 Å². The van der Waals surface area contributed by atoms with Crippen molar-refractivity contribution in [2.24, 2.45) is 0 Å². The molecule has 31 heavy (non-hydrogen) atoms. The van der Waals surface area contributed by atoms with Crippen LogP contribution in [0.15, 0.2) is 36.4 Å². The van der Waals surface area contributed by atoms with Gasteiger partial charge in [0.25, 0.3) is 0 Å². The molecule has 0 radical (unpaired) electrons. The number of benzene rings is 2. The second-order valence-electron chi connectivity index (χ2n) is 7.02. The number of aromatic amines is 1. The molecule has 3 N–H and O–H groups in total. The fourth-order valence-corrected chi connectivity index (χ4v) is 3.21. The molecule has 160 valence electrons. The van der Waals surface area contributed by atoms with E-state index in [9.17, 15) is 13.9 Å². The molecule has 1 atom stereocenters. The summed E-state index contributed by atoms with van der Waals surface area (Å²) in [7, 11) is 0. The first-order valence-corrected chi connectivity index (χ1v) is 9.77. The van der Waals surface area contributed by atoms with Crippen LogP contribution in [-0.2, 0) is 0 Å². The third kappa shape index (κ3) is 4.42. The lowest BCUT2D eigenvalue weighted by molar-refractivity contribution is 0.208. The Kier molecular flexibility index (Phi) is 5.71. The Morgan fingerprint density at radius 2 is 2.00 bits per heavy atom. The number of nitrogens with one attached hydrogen (secondary N) is 2. The van der Waals surface area contributed by atoms with Crippen molar-refractivity contribution >= 4 is 28.5 Å². The molecule has 2 aromatic heterocycles. The van der Waals surface area contributed by atoms with Gasteiger partial charge in [0.2, 0.25) is 0 Å². The van der Waals surface area contributed by atoms with Crippen LogP contribution < -0.4 is 10.1 Å². The number of aliphatic hydroxyl groups excluding tert-OH is 1. The van der Waals surface area contributed by atoms with Crippen LogP contribution >= 0.6 is 11.6 Å². The van der Waals surface area contributed by atoms with Crippen molar-refractivity contribution < 1.29 is 18.6 Å². The number of halogens is 3. The minimum atomic E-state index is -0.889. The summed E-state index contributed by atoms with van der Waals surface area (Å²) < 4.78 is 32.6. The van der Waals surface area contributed by atoms with Gasteiger partial charge < -0.3 is 15.2 Å². The molecule has 0 fully saturated rings. The Morgan fingerprint density at radius 3 is 2.74 bits per heavy atom. The van der Waals surface area contributed by atoms with Crippen LogP contribution in [0.3, 0.4) is 0 Å². The number of anilines is 1. The molecule has 2 heterocycles. The number of aliphatic hydroxyl groups is 1. The predicted octanol–water partition coefficient (Wildman–Crippen LogP) is 4.84. The summed E-state index contributed by atoms with van der Waals surface area (Å²) in [5, 5.41) is 21.0. The van der Waals surface area contributed by atoms with Crippen LogP contribution in [0.1, 0.15) is 12.5 Å². The Balaban J connectivity index is 1.83. The summed E-state index contributed by atoms with van der Waals surface area (Å²) in [6.07, 6.45) is -0.660. The minimum absolute atomic E-state index is 0.188. The number of hydrogen-bond donors (Lipinski definition) is 3. The van der Waals surface area contributed by atoms with Crippen molar-refractivity contribution in [2.75, 3.05) is 11.9 Å². The zero-order chi connectivity index (χ0) is 22.1. The SMILES string of the molecule is Cc1ccc(Cl)cc1-c1[nH]nc2nc(Oc3ccc(F)cc3F)nc(NC[C@H](C)O)c12. The van der Waals surface area contributed by atoms with Gasteiger partial charge in [-0.1, -0.05) is 17.7 Å². The topological polar surface area (TPSA) is 96.0 Å². The Bertz CT molecular complexity index is 1260. The molecule has 0 saturated heterocycles. The lowest BCUT2D eigenvalue weighted by Gasteiger charge is -2.12. The van der Waals surface area contributed by atoms with Gasteiger partial charge in [0.1, 0.15) is 11.6 Å². The van der Waals surface area contributed by atoms with Crippen LogP contribution in [0.5, 0.6) is 11.8 Å². The predicted molar refractivity (Wildman–Crippen MR) is 113 cm³/mol. The van der Waals surface area contributed by atoms with Gasteiger partial charge in [-0.15, -0.1) is 0 Å². The molecule has 0 spiro atoms. The van der Waals surface area contributed by atoms with E-state index in [1.807, 2.05) is 13.0 Å². The standard InChI is InChI=1S/C21H18ClF2N5O2/c1-10-3-4-12(22)7-14(10)18-17-19(25-9-11(2)30)26-21(27-20(17)29-28-18)31-16-6-5-13(23)8-15(16)24/h3-8,11,30H,9H2,1-2H3,(H2,25,26,27,28,29)/t11-/m0/s1. The molecule has 0 unspecified atom stereocenters. The van der Waals surface area contributed by atoms with Crippen LogP contribution in [0, 0.1) is 18.6 Å². The zero-order valence-corrected chi connectivity index (χ0v) is 17.3. The number of rotatable bonds is 6. The maximum Gasteiger partial charge on any atom is 0.326 e. The second-order valence-corrected chi connectivity index (χ2v) is 7.45. The second kappa shape index (κ2) is 8.44. The largest absolute Gasteiger partial charge is 0.421 e. The maximum atomic E-state index is 14.0. The Hall–Kier alpha value is -3.30. The summed E-state index contributed by atoms with van der Waals surface area (Å²) in [5.41, 5.74) is 2.64. The zero-order valence-electron chi connectivity index (χ0n) is 16.6. The van der Waals surface area contributed by atoms with Crippen molar-refractivity contribution in [3.8, 4) is 23.0 Å². The molecular formula is C21H18ClF2N5O2. The average molecular weight is 446 g/mol. The lowest BCUT2D eigenvalue weighted by atomic mass is 10.0. The van der Waals surface area contributed by atoms with Crippen molar-refractivity contribution in [1.82, 2.24) is 20.2 Å². The van der Waals surface area contributed by atoms with E-state index in [1.165, 1.54) is 0 Å². The van der Waals surface area contributed by atoms with Crippen molar-refractivity contribution in [3.05, 3.63) is 58.6 Å². The summed E-state index contributed by atoms with van der Waals surface area (Å²) >= 11 is 6.17. The first-order valence-electron chi connectivity index (χ1n) is 9.39. The highest BCUT2D eigenvalue weighted by atomic mass is 35.5. The lowest BCUT2D eigenvalue weighted by Crippen LogP contribution is -2.16. The van der Waals surface area contributed by atoms with Gasteiger partial charge in [-0.25, -0.2) is 8.78 Å². The summed E-state index contributed by atoms with van der Waals surface area (Å²) in [6.45, 7) is 3.74. The van der Waals surface area contributed by atoms with Crippen molar-refractivity contribution in [1.29, 1.82) is 0 Å². The van der Waals surface area contributed by atoms with Gasteiger partial charge in [0.05, 0.1) is 17.2 Å². The molecule has 0 aliphatic heterocycles. The number of ether oxygens (including phenoxy) is 1. The van der Waals surface area contributed by atoms with E-state index in [4.69, 9.17) is 16.3 Å². The molecule has 10 heteroatoms. The fraction of sp³-hybridized carbons (Fsp3) is 0.190. The van der Waals surface area contributed by atoms with Gasteiger partial charge in [-0.05, 0) is 43.7 Å². The first kappa shape index (κ1) is 21.0. The summed E-state index contributed by atoms with van der Waals surface area (Å²) in [6, 6.07) is 8.18. The van der Waals surface area contributed by atoms with E-state index in [0.29, 0.717) is 28.0 Å². The third-order valence-corrected chi connectivity index (χ3v) is 4.76. The maximum absolute atomic E-state index is 14.0. The van der Waals surface area contributed by atoms with Crippen molar-refractivity contribution in [2.45, 2.75) is 20.0 Å². The summed E-state index contributed by atoms with van der Waals surface area (Å²) in [5.74, 6) is -1.52. The molecular weight excluding hydrogens is 428 g/mol. The number of aryl methyl sites for hydroxylation is 1.